The van der Waals surface area contributed by atoms with Crippen LogP contribution in [0.5, 0.6) is 11.6 Å². The number of nitrogens with one attached hydrogen (secondary N) is 1. The molecule has 0 unspecified atom stereocenters. The maximum Gasteiger partial charge on any atom is 0.387 e. The lowest BCUT2D eigenvalue weighted by Crippen LogP contribution is -2.13. The van der Waals surface area contributed by atoms with Gasteiger partial charge in [-0.15, -0.1) is 16.4 Å². The van der Waals surface area contributed by atoms with Crippen molar-refractivity contribution in [2.75, 3.05) is 12.4 Å². The predicted molar refractivity (Wildman–Crippen MR) is 126 cm³/mol. The highest BCUT2D eigenvalue weighted by Crippen LogP contribution is 2.33. The zero-order chi connectivity index (χ0) is 24.4. The molecule has 3 aromatic heterocycles. The van der Waals surface area contributed by atoms with Gasteiger partial charge in [0.2, 0.25) is 11.8 Å². The number of thiazole rings is 1. The van der Waals surface area contributed by atoms with Crippen molar-refractivity contribution in [1.29, 1.82) is 0 Å². The van der Waals surface area contributed by atoms with E-state index in [1.165, 1.54) is 17.4 Å². The third-order valence-corrected chi connectivity index (χ3v) is 6.21. The molecule has 0 fully saturated rings. The summed E-state index contributed by atoms with van der Waals surface area (Å²) in [6.45, 7) is 0.942. The summed E-state index contributed by atoms with van der Waals surface area (Å²) in [6.07, 6.45) is 0.700. The fourth-order valence-electron chi connectivity index (χ4n) is 3.86. The van der Waals surface area contributed by atoms with Gasteiger partial charge in [-0.25, -0.2) is 14.6 Å². The second-order valence-electron chi connectivity index (χ2n) is 7.59. The minimum atomic E-state index is -2.94. The molecule has 0 saturated carbocycles. The third kappa shape index (κ3) is 4.69. The summed E-state index contributed by atoms with van der Waals surface area (Å²) in [4.78, 5) is 21.6. The molecule has 1 amide bonds. The van der Waals surface area contributed by atoms with E-state index in [1.54, 1.807) is 35.4 Å². The molecule has 0 atom stereocenters. The topological polar surface area (TPSA) is 91.2 Å². The average molecular weight is 488 g/mol. The van der Waals surface area contributed by atoms with Gasteiger partial charge in [-0.2, -0.15) is 8.78 Å². The summed E-state index contributed by atoms with van der Waals surface area (Å²) >= 11 is 1.21. The number of hydrogen-bond acceptors (Lipinski definition) is 7. The van der Waals surface area contributed by atoms with E-state index >= 15 is 0 Å². The molecule has 0 aliphatic rings. The van der Waals surface area contributed by atoms with E-state index in [0.29, 0.717) is 28.7 Å². The number of hydrogen-bond donors (Lipinski definition) is 1. The van der Waals surface area contributed by atoms with Gasteiger partial charge < -0.3 is 14.8 Å². The van der Waals surface area contributed by atoms with Gasteiger partial charge >= 0.3 is 6.61 Å². The van der Waals surface area contributed by atoms with E-state index in [1.807, 2.05) is 20.9 Å². The minimum absolute atomic E-state index is 0.0281. The van der Waals surface area contributed by atoms with E-state index in [4.69, 9.17) is 4.74 Å². The van der Waals surface area contributed by atoms with Gasteiger partial charge in [-0.3, -0.25) is 4.79 Å². The monoisotopic (exact) mass is 487 g/mol. The van der Waals surface area contributed by atoms with Crippen LogP contribution in [0.4, 0.5) is 13.9 Å². The van der Waals surface area contributed by atoms with E-state index in [-0.39, 0.29) is 18.1 Å². The number of nitrogens with zero attached hydrogens (tertiary/aromatic N) is 4. The largest absolute Gasteiger partial charge is 0.479 e. The van der Waals surface area contributed by atoms with E-state index in [0.717, 1.165) is 27.9 Å². The summed E-state index contributed by atoms with van der Waals surface area (Å²) in [6, 6.07) is 6.40. The fraction of sp³-hybridized carbons (Fsp3) is 0.304. The molecular weight excluding hydrogens is 464 g/mol. The lowest BCUT2D eigenvalue weighted by molar-refractivity contribution is -0.116. The number of amides is 1. The van der Waals surface area contributed by atoms with Crippen molar-refractivity contribution in [2.24, 2.45) is 7.05 Å². The molecule has 0 radical (unpaired) electrons. The molecule has 8 nitrogen and oxygen atoms in total. The lowest BCUT2D eigenvalue weighted by atomic mass is 10.00. The van der Waals surface area contributed by atoms with E-state index < -0.39 is 6.61 Å². The third-order valence-electron chi connectivity index (χ3n) is 5.45. The van der Waals surface area contributed by atoms with Crippen molar-refractivity contribution >= 4 is 33.4 Å². The van der Waals surface area contributed by atoms with Crippen molar-refractivity contribution in [3.8, 4) is 22.9 Å². The van der Waals surface area contributed by atoms with Crippen LogP contribution >= 0.6 is 11.3 Å². The molecule has 34 heavy (non-hydrogen) atoms. The highest BCUT2D eigenvalue weighted by Gasteiger charge is 2.19. The van der Waals surface area contributed by atoms with Crippen molar-refractivity contribution in [2.45, 2.75) is 33.3 Å². The predicted octanol–water partition coefficient (Wildman–Crippen LogP) is 4.89. The molecule has 0 aliphatic carbocycles. The number of pyridine rings is 1. The van der Waals surface area contributed by atoms with Gasteiger partial charge in [0.25, 0.3) is 0 Å². The SMILES string of the molecule is COc1nn(C)c2nc(C)c(CCC(=O)Nc3nc(-c4ccccc4OC(F)F)cs3)c(C)c12. The Morgan fingerprint density at radius 3 is 2.74 bits per heavy atom. The smallest absolute Gasteiger partial charge is 0.387 e. The van der Waals surface area contributed by atoms with Crippen LogP contribution in [0.1, 0.15) is 23.2 Å². The number of fused-ring (bicyclic) bond motifs is 1. The second kappa shape index (κ2) is 9.72. The summed E-state index contributed by atoms with van der Waals surface area (Å²) in [5.41, 5.74) is 4.37. The zero-order valence-electron chi connectivity index (χ0n) is 19.1. The first-order valence-corrected chi connectivity index (χ1v) is 11.3. The van der Waals surface area contributed by atoms with Gasteiger partial charge in [0.05, 0.1) is 18.2 Å². The van der Waals surface area contributed by atoms with Gasteiger partial charge in [0, 0.05) is 30.1 Å². The molecule has 4 rings (SSSR count). The maximum absolute atomic E-state index is 12.7. The number of aromatic nitrogens is 4. The minimum Gasteiger partial charge on any atom is -0.479 e. The van der Waals surface area contributed by atoms with Crippen molar-refractivity contribution < 1.29 is 23.0 Å². The summed E-state index contributed by atoms with van der Waals surface area (Å²) in [5, 5.41) is 10.0. The number of rotatable bonds is 8. The van der Waals surface area contributed by atoms with Crippen molar-refractivity contribution in [3.63, 3.8) is 0 Å². The van der Waals surface area contributed by atoms with Gasteiger partial charge in [-0.1, -0.05) is 12.1 Å². The van der Waals surface area contributed by atoms with Crippen LogP contribution in [0.25, 0.3) is 22.3 Å². The second-order valence-corrected chi connectivity index (χ2v) is 8.45. The van der Waals surface area contributed by atoms with Crippen LogP contribution in [-0.2, 0) is 18.3 Å². The van der Waals surface area contributed by atoms with Crippen LogP contribution in [0.2, 0.25) is 0 Å². The average Bonchev–Trinajstić information content (AvgIpc) is 3.37. The van der Waals surface area contributed by atoms with Crippen molar-refractivity contribution in [3.05, 3.63) is 46.5 Å². The Bertz CT molecular complexity index is 1350. The highest BCUT2D eigenvalue weighted by atomic mass is 32.1. The number of anilines is 1. The molecule has 11 heteroatoms. The number of benzene rings is 1. The fourth-order valence-corrected chi connectivity index (χ4v) is 4.59. The quantitative estimate of drug-likeness (QED) is 0.381. The molecule has 1 N–H and O–H groups in total. The first-order valence-electron chi connectivity index (χ1n) is 10.4. The van der Waals surface area contributed by atoms with Crippen molar-refractivity contribution in [1.82, 2.24) is 19.7 Å². The molecule has 178 valence electrons. The molecule has 0 saturated heterocycles. The Hall–Kier alpha value is -3.60. The molecule has 0 bridgehead atoms. The van der Waals surface area contributed by atoms with Gasteiger partial charge in [-0.05, 0) is 43.5 Å². The van der Waals surface area contributed by atoms with Gasteiger partial charge in [0.1, 0.15) is 5.75 Å². The van der Waals surface area contributed by atoms with Crippen LogP contribution in [-0.4, -0.2) is 39.4 Å². The molecule has 4 aromatic rings. The Morgan fingerprint density at radius 1 is 1.24 bits per heavy atom. The summed E-state index contributed by atoms with van der Waals surface area (Å²) < 4.78 is 37.0. The Kier molecular flexibility index (Phi) is 6.73. The van der Waals surface area contributed by atoms with Crippen LogP contribution in [0.15, 0.2) is 29.6 Å². The molecule has 1 aromatic carbocycles. The molecule has 3 heterocycles. The van der Waals surface area contributed by atoms with Crippen LogP contribution in [0, 0.1) is 13.8 Å². The lowest BCUT2D eigenvalue weighted by Gasteiger charge is -2.11. The number of aryl methyl sites for hydroxylation is 3. The highest BCUT2D eigenvalue weighted by molar-refractivity contribution is 7.14. The number of ether oxygens (including phenoxy) is 2. The molecule has 0 spiro atoms. The number of carbonyl (C=O) groups excluding carboxylic acids is 1. The first-order chi connectivity index (χ1) is 16.3. The number of halogens is 2. The Labute approximate surface area is 198 Å². The Balaban J connectivity index is 1.47. The van der Waals surface area contributed by atoms with Crippen LogP contribution < -0.4 is 14.8 Å². The summed E-state index contributed by atoms with van der Waals surface area (Å²) in [5.74, 6) is 0.315. The van der Waals surface area contributed by atoms with E-state index in [9.17, 15) is 13.6 Å². The number of para-hydroxylation sites is 1. The maximum atomic E-state index is 12.7. The number of carbonyl (C=O) groups is 1. The normalized spacial score (nSPS) is 11.3. The number of alkyl halides is 2. The standard InChI is InChI=1S/C23H23F2N5O3S/c1-12-14(13(2)26-20-19(12)21(32-4)29-30(20)3)9-10-18(31)28-23-27-16(11-34-23)15-7-5-6-8-17(15)33-22(24)25/h5-8,11,22H,9-10H2,1-4H3,(H,27,28,31). The summed E-state index contributed by atoms with van der Waals surface area (Å²) in [7, 11) is 3.37. The Morgan fingerprint density at radius 2 is 2.00 bits per heavy atom. The first kappa shape index (κ1) is 23.6. The molecular formula is C23H23F2N5O3S. The molecule has 0 aliphatic heterocycles. The van der Waals surface area contributed by atoms with Crippen LogP contribution in [0.3, 0.4) is 0 Å². The zero-order valence-corrected chi connectivity index (χ0v) is 19.9. The number of methoxy groups -OCH3 is 1. The van der Waals surface area contributed by atoms with E-state index in [2.05, 4.69) is 25.1 Å². The van der Waals surface area contributed by atoms with Gasteiger partial charge in [0.15, 0.2) is 10.8 Å².